The molecule has 2 aromatic carbocycles. The van der Waals surface area contributed by atoms with Gasteiger partial charge in [0.05, 0.1) is 13.7 Å². The molecular formula is C24H21N5O5. The van der Waals surface area contributed by atoms with Crippen LogP contribution in [0.2, 0.25) is 0 Å². The van der Waals surface area contributed by atoms with Gasteiger partial charge in [-0.15, -0.1) is 0 Å². The molecule has 0 spiro atoms. The molecule has 3 aliphatic rings. The lowest BCUT2D eigenvalue weighted by atomic mass is 9.99. The molecular weight excluding hydrogens is 438 g/mol. The van der Waals surface area contributed by atoms with E-state index in [1.807, 2.05) is 0 Å². The van der Waals surface area contributed by atoms with Gasteiger partial charge in [0.2, 0.25) is 5.54 Å². The summed E-state index contributed by atoms with van der Waals surface area (Å²) >= 11 is 0. The van der Waals surface area contributed by atoms with Gasteiger partial charge in [-0.1, -0.05) is 17.9 Å². The van der Waals surface area contributed by atoms with Crippen molar-refractivity contribution in [3.8, 4) is 17.6 Å². The van der Waals surface area contributed by atoms with E-state index in [0.717, 1.165) is 11.3 Å². The Morgan fingerprint density at radius 3 is 2.53 bits per heavy atom. The van der Waals surface area contributed by atoms with Gasteiger partial charge >= 0.3 is 12.1 Å². The van der Waals surface area contributed by atoms with Crippen molar-refractivity contribution in [1.29, 1.82) is 0 Å². The summed E-state index contributed by atoms with van der Waals surface area (Å²) in [5.41, 5.74) is 1.04. The molecule has 0 aromatic heterocycles. The fourth-order valence-electron chi connectivity index (χ4n) is 4.23. The molecule has 3 N–H and O–H groups in total. The van der Waals surface area contributed by atoms with Crippen molar-refractivity contribution < 1.29 is 23.9 Å². The summed E-state index contributed by atoms with van der Waals surface area (Å²) in [6.07, 6.45) is 0. The van der Waals surface area contributed by atoms with Crippen LogP contribution in [0, 0.1) is 11.8 Å². The van der Waals surface area contributed by atoms with Crippen LogP contribution in [0.15, 0.2) is 42.5 Å². The number of rotatable bonds is 4. The highest BCUT2D eigenvalue weighted by Crippen LogP contribution is 2.28. The van der Waals surface area contributed by atoms with Gasteiger partial charge in [-0.05, 0) is 42.0 Å². The van der Waals surface area contributed by atoms with E-state index in [9.17, 15) is 19.2 Å². The van der Waals surface area contributed by atoms with Crippen LogP contribution >= 0.6 is 0 Å². The summed E-state index contributed by atoms with van der Waals surface area (Å²) in [5, 5.41) is 7.56. The number of benzene rings is 2. The summed E-state index contributed by atoms with van der Waals surface area (Å²) < 4.78 is 5.20. The van der Waals surface area contributed by atoms with Crippen molar-refractivity contribution in [2.45, 2.75) is 12.1 Å². The van der Waals surface area contributed by atoms with Crippen LogP contribution in [0.5, 0.6) is 5.75 Å². The van der Waals surface area contributed by atoms with Crippen LogP contribution in [0.1, 0.15) is 21.5 Å². The third-order valence-electron chi connectivity index (χ3n) is 6.02. The Hall–Kier alpha value is -4.52. The van der Waals surface area contributed by atoms with E-state index in [0.29, 0.717) is 30.0 Å². The molecule has 2 fully saturated rings. The maximum atomic E-state index is 13.0. The predicted octanol–water partition coefficient (Wildman–Crippen LogP) is 0.810. The number of fused-ring (bicyclic) bond motifs is 1. The number of hydrogen-bond acceptors (Lipinski definition) is 5. The second-order valence-corrected chi connectivity index (χ2v) is 8.18. The second kappa shape index (κ2) is 8.12. The minimum Gasteiger partial charge on any atom is -0.497 e. The zero-order valence-corrected chi connectivity index (χ0v) is 18.3. The highest BCUT2D eigenvalue weighted by atomic mass is 16.5. The molecule has 2 aromatic rings. The van der Waals surface area contributed by atoms with Gasteiger partial charge in [-0.2, -0.15) is 0 Å². The van der Waals surface area contributed by atoms with E-state index in [1.54, 1.807) is 47.4 Å². The summed E-state index contributed by atoms with van der Waals surface area (Å²) in [7, 11) is 1.52. The molecule has 1 unspecified atom stereocenters. The SMILES string of the molecule is COc1ccc2c(c1)C(=O)N(CC1(C#Cc3ccc(N4CCNC4=O)cc3)NC(=O)NC1=O)C2. The van der Waals surface area contributed by atoms with Crippen molar-refractivity contribution in [2.24, 2.45) is 0 Å². The highest BCUT2D eigenvalue weighted by molar-refractivity contribution is 6.10. The first kappa shape index (κ1) is 21.3. The lowest BCUT2D eigenvalue weighted by molar-refractivity contribution is -0.122. The molecule has 0 radical (unpaired) electrons. The highest BCUT2D eigenvalue weighted by Gasteiger charge is 2.48. The van der Waals surface area contributed by atoms with Crippen LogP contribution in [0.3, 0.4) is 0 Å². The minimum atomic E-state index is -1.59. The van der Waals surface area contributed by atoms with Crippen LogP contribution in [0.25, 0.3) is 0 Å². The number of ether oxygens (including phenoxy) is 1. The van der Waals surface area contributed by atoms with Crippen LogP contribution in [-0.4, -0.2) is 61.1 Å². The Labute approximate surface area is 195 Å². The average Bonchev–Trinajstić information content (AvgIpc) is 3.48. The summed E-state index contributed by atoms with van der Waals surface area (Å²) in [6.45, 7) is 1.34. The number of hydrogen-bond donors (Lipinski definition) is 3. The van der Waals surface area contributed by atoms with Crippen molar-refractivity contribution in [3.05, 3.63) is 59.2 Å². The second-order valence-electron chi connectivity index (χ2n) is 8.18. The molecule has 0 saturated carbocycles. The van der Waals surface area contributed by atoms with Gasteiger partial charge in [0, 0.05) is 36.4 Å². The smallest absolute Gasteiger partial charge is 0.323 e. The summed E-state index contributed by atoms with van der Waals surface area (Å²) in [4.78, 5) is 52.7. The number of anilines is 1. The first-order chi connectivity index (χ1) is 16.4. The topological polar surface area (TPSA) is 120 Å². The number of urea groups is 2. The molecule has 10 nitrogen and oxygen atoms in total. The maximum Gasteiger partial charge on any atom is 0.323 e. The molecule has 1 atom stereocenters. The Morgan fingerprint density at radius 2 is 1.88 bits per heavy atom. The zero-order chi connectivity index (χ0) is 23.9. The molecule has 34 heavy (non-hydrogen) atoms. The van der Waals surface area contributed by atoms with Gasteiger partial charge in [0.25, 0.3) is 11.8 Å². The van der Waals surface area contributed by atoms with Crippen molar-refractivity contribution in [3.63, 3.8) is 0 Å². The predicted molar refractivity (Wildman–Crippen MR) is 121 cm³/mol. The third kappa shape index (κ3) is 3.67. The quantitative estimate of drug-likeness (QED) is 0.462. The lowest BCUT2D eigenvalue weighted by Crippen LogP contribution is -2.54. The van der Waals surface area contributed by atoms with Gasteiger partial charge in [-0.25, -0.2) is 9.59 Å². The lowest BCUT2D eigenvalue weighted by Gasteiger charge is -2.26. The summed E-state index contributed by atoms with van der Waals surface area (Å²) in [6, 6.07) is 11.4. The Bertz CT molecular complexity index is 1280. The molecule has 5 rings (SSSR count). The summed E-state index contributed by atoms with van der Waals surface area (Å²) in [5.74, 6) is 5.49. The van der Waals surface area contributed by atoms with Gasteiger partial charge in [-0.3, -0.25) is 19.8 Å². The average molecular weight is 459 g/mol. The maximum absolute atomic E-state index is 13.0. The normalized spacial score (nSPS) is 21.0. The van der Waals surface area contributed by atoms with Gasteiger partial charge < -0.3 is 20.3 Å². The fourth-order valence-corrected chi connectivity index (χ4v) is 4.23. The number of nitrogens with one attached hydrogen (secondary N) is 3. The molecule has 0 bridgehead atoms. The van der Waals surface area contributed by atoms with E-state index in [4.69, 9.17) is 4.74 Å². The fraction of sp³-hybridized carbons (Fsp3) is 0.250. The largest absolute Gasteiger partial charge is 0.497 e. The molecule has 10 heteroatoms. The number of imide groups is 1. The monoisotopic (exact) mass is 459 g/mol. The van der Waals surface area contributed by atoms with Gasteiger partial charge in [0.1, 0.15) is 5.75 Å². The first-order valence-electron chi connectivity index (χ1n) is 10.7. The Balaban J connectivity index is 1.39. The van der Waals surface area contributed by atoms with Crippen molar-refractivity contribution in [2.75, 3.05) is 31.6 Å². The van der Waals surface area contributed by atoms with Crippen LogP contribution in [-0.2, 0) is 11.3 Å². The first-order valence-corrected chi connectivity index (χ1v) is 10.7. The van der Waals surface area contributed by atoms with E-state index in [1.165, 1.54) is 12.0 Å². The molecule has 172 valence electrons. The molecule has 3 heterocycles. The number of carbonyl (C=O) groups excluding carboxylic acids is 4. The van der Waals surface area contributed by atoms with E-state index in [2.05, 4.69) is 27.8 Å². The molecule has 0 aliphatic carbocycles. The van der Waals surface area contributed by atoms with E-state index in [-0.39, 0.29) is 25.0 Å². The van der Waals surface area contributed by atoms with E-state index < -0.39 is 17.5 Å². The third-order valence-corrected chi connectivity index (χ3v) is 6.02. The van der Waals surface area contributed by atoms with E-state index >= 15 is 0 Å². The number of methoxy groups -OCH3 is 1. The van der Waals surface area contributed by atoms with Crippen molar-refractivity contribution in [1.82, 2.24) is 20.9 Å². The van der Waals surface area contributed by atoms with Crippen LogP contribution in [0.4, 0.5) is 15.3 Å². The van der Waals surface area contributed by atoms with Gasteiger partial charge in [0.15, 0.2) is 0 Å². The van der Waals surface area contributed by atoms with Crippen molar-refractivity contribution >= 4 is 29.6 Å². The molecule has 2 saturated heterocycles. The Kier molecular flexibility index (Phi) is 5.09. The van der Waals surface area contributed by atoms with Crippen LogP contribution < -0.4 is 25.6 Å². The number of amides is 6. The Morgan fingerprint density at radius 1 is 1.09 bits per heavy atom. The molecule has 3 aliphatic heterocycles. The zero-order valence-electron chi connectivity index (χ0n) is 18.3. The minimum absolute atomic E-state index is 0.112. The standard InChI is InChI=1S/C24H21N5O5/c1-34-18-7-4-16-13-28(20(30)19(16)12-18)14-24(21(31)26-22(32)27-24)9-8-15-2-5-17(6-3-15)29-11-10-25-23(29)33/h2-7,12H,10-11,13-14H2,1H3,(H,25,33)(H2,26,27,31,32). The molecule has 6 amide bonds. The number of carbonyl (C=O) groups is 4. The number of nitrogens with zero attached hydrogens (tertiary/aromatic N) is 2.